The predicted molar refractivity (Wildman–Crippen MR) is 135 cm³/mol. The smallest absolute Gasteiger partial charge is 0.339 e. The van der Waals surface area contributed by atoms with E-state index in [0.29, 0.717) is 16.6 Å². The molecule has 2 N–H and O–H groups in total. The number of aromatic nitrogens is 1. The summed E-state index contributed by atoms with van der Waals surface area (Å²) in [5.41, 5.74) is 2.56. The van der Waals surface area contributed by atoms with Crippen LogP contribution in [0.4, 0.5) is 5.69 Å². The van der Waals surface area contributed by atoms with E-state index in [-0.39, 0.29) is 5.56 Å². The fraction of sp³-hybridized carbons (Fsp3) is 0.0370. The van der Waals surface area contributed by atoms with E-state index >= 15 is 0 Å². The van der Waals surface area contributed by atoms with Crippen molar-refractivity contribution in [1.29, 1.82) is 0 Å². The average Bonchev–Trinajstić information content (AvgIpc) is 3.31. The van der Waals surface area contributed by atoms with Crippen LogP contribution in [0, 0.1) is 0 Å². The SMILES string of the molecule is O=C(COC(=O)c1cccc2cccc(-c3nc4ccccc4s3)c12)Nc1ccc(C(=O)O)cc1. The second-order valence-corrected chi connectivity index (χ2v) is 8.73. The van der Waals surface area contributed by atoms with Crippen molar-refractivity contribution >= 4 is 55.9 Å². The number of para-hydroxylation sites is 1. The maximum atomic E-state index is 13.0. The first-order valence-corrected chi connectivity index (χ1v) is 11.5. The molecular weight excluding hydrogens is 464 g/mol. The van der Waals surface area contributed by atoms with Gasteiger partial charge in [-0.05, 0) is 47.9 Å². The van der Waals surface area contributed by atoms with Gasteiger partial charge in [0, 0.05) is 16.6 Å². The van der Waals surface area contributed by atoms with Crippen molar-refractivity contribution in [2.45, 2.75) is 0 Å². The molecule has 35 heavy (non-hydrogen) atoms. The first kappa shape index (κ1) is 22.2. The van der Waals surface area contributed by atoms with Gasteiger partial charge in [-0.25, -0.2) is 14.6 Å². The van der Waals surface area contributed by atoms with E-state index in [1.54, 1.807) is 23.5 Å². The van der Waals surface area contributed by atoms with Crippen molar-refractivity contribution in [3.8, 4) is 10.6 Å². The van der Waals surface area contributed by atoms with Crippen LogP contribution >= 0.6 is 11.3 Å². The largest absolute Gasteiger partial charge is 0.478 e. The van der Waals surface area contributed by atoms with Gasteiger partial charge in [-0.1, -0.05) is 42.5 Å². The Labute approximate surface area is 203 Å². The molecule has 172 valence electrons. The van der Waals surface area contributed by atoms with Gasteiger partial charge in [-0.15, -0.1) is 11.3 Å². The number of hydrogen-bond acceptors (Lipinski definition) is 6. The summed E-state index contributed by atoms with van der Waals surface area (Å²) in [5, 5.41) is 13.9. The molecule has 7 nitrogen and oxygen atoms in total. The zero-order valence-corrected chi connectivity index (χ0v) is 19.0. The number of rotatable bonds is 6. The van der Waals surface area contributed by atoms with Crippen LogP contribution in [0.5, 0.6) is 0 Å². The molecule has 4 aromatic carbocycles. The summed E-state index contributed by atoms with van der Waals surface area (Å²) in [5.74, 6) is -2.22. The van der Waals surface area contributed by atoms with Crippen LogP contribution in [-0.4, -0.2) is 34.5 Å². The van der Waals surface area contributed by atoms with Crippen LogP contribution in [0.2, 0.25) is 0 Å². The normalized spacial score (nSPS) is 10.9. The minimum absolute atomic E-state index is 0.106. The minimum Gasteiger partial charge on any atom is -0.478 e. The summed E-state index contributed by atoms with van der Waals surface area (Å²) in [6, 6.07) is 24.6. The quantitative estimate of drug-likeness (QED) is 0.305. The van der Waals surface area contributed by atoms with Gasteiger partial charge in [0.2, 0.25) is 0 Å². The van der Waals surface area contributed by atoms with E-state index in [1.165, 1.54) is 24.3 Å². The van der Waals surface area contributed by atoms with Gasteiger partial charge in [0.05, 0.1) is 21.3 Å². The van der Waals surface area contributed by atoms with Crippen molar-refractivity contribution in [2.75, 3.05) is 11.9 Å². The summed E-state index contributed by atoms with van der Waals surface area (Å²) in [6.45, 7) is -0.487. The van der Waals surface area contributed by atoms with Crippen LogP contribution in [0.1, 0.15) is 20.7 Å². The lowest BCUT2D eigenvalue weighted by molar-refractivity contribution is -0.119. The number of carboxylic acid groups (broad SMARTS) is 1. The summed E-state index contributed by atoms with van der Waals surface area (Å²) in [4.78, 5) is 41.0. The molecule has 0 aliphatic heterocycles. The van der Waals surface area contributed by atoms with Crippen molar-refractivity contribution < 1.29 is 24.2 Å². The van der Waals surface area contributed by atoms with Gasteiger partial charge in [-0.3, -0.25) is 4.79 Å². The Kier molecular flexibility index (Phi) is 5.95. The first-order chi connectivity index (χ1) is 17.0. The minimum atomic E-state index is -1.06. The van der Waals surface area contributed by atoms with Crippen LogP contribution in [0.15, 0.2) is 84.9 Å². The van der Waals surface area contributed by atoms with Crippen molar-refractivity contribution in [3.05, 3.63) is 96.1 Å². The topological polar surface area (TPSA) is 106 Å². The fourth-order valence-electron chi connectivity index (χ4n) is 3.78. The number of anilines is 1. The molecule has 1 amide bonds. The highest BCUT2D eigenvalue weighted by atomic mass is 32.1. The zero-order chi connectivity index (χ0) is 24.4. The summed E-state index contributed by atoms with van der Waals surface area (Å²) < 4.78 is 6.37. The number of carboxylic acids is 1. The monoisotopic (exact) mass is 482 g/mol. The van der Waals surface area contributed by atoms with Gasteiger partial charge < -0.3 is 15.2 Å². The molecule has 0 saturated carbocycles. The molecule has 0 aliphatic rings. The molecular formula is C27H18N2O5S. The number of hydrogen-bond donors (Lipinski definition) is 2. The molecule has 0 atom stereocenters. The van der Waals surface area contributed by atoms with E-state index in [1.807, 2.05) is 48.5 Å². The second kappa shape index (κ2) is 9.36. The molecule has 0 saturated heterocycles. The maximum Gasteiger partial charge on any atom is 0.339 e. The number of esters is 1. The third kappa shape index (κ3) is 4.60. The summed E-state index contributed by atoms with van der Waals surface area (Å²) in [7, 11) is 0. The molecule has 8 heteroatoms. The Morgan fingerprint density at radius 2 is 1.63 bits per heavy atom. The van der Waals surface area contributed by atoms with Crippen LogP contribution in [0.3, 0.4) is 0 Å². The van der Waals surface area contributed by atoms with Crippen LogP contribution in [-0.2, 0) is 9.53 Å². The van der Waals surface area contributed by atoms with Gasteiger partial charge in [0.25, 0.3) is 5.91 Å². The van der Waals surface area contributed by atoms with Crippen LogP contribution in [0.25, 0.3) is 31.6 Å². The number of fused-ring (bicyclic) bond motifs is 2. The molecule has 0 spiro atoms. The predicted octanol–water partition coefficient (Wildman–Crippen LogP) is 5.61. The average molecular weight is 483 g/mol. The van der Waals surface area contributed by atoms with Crippen molar-refractivity contribution in [3.63, 3.8) is 0 Å². The van der Waals surface area contributed by atoms with E-state index in [9.17, 15) is 14.4 Å². The van der Waals surface area contributed by atoms with Gasteiger partial charge >= 0.3 is 11.9 Å². The molecule has 5 rings (SSSR count). The molecule has 1 heterocycles. The number of thiazole rings is 1. The highest BCUT2D eigenvalue weighted by molar-refractivity contribution is 7.21. The third-order valence-corrected chi connectivity index (χ3v) is 6.47. The lowest BCUT2D eigenvalue weighted by Crippen LogP contribution is -2.21. The van der Waals surface area contributed by atoms with Crippen LogP contribution < -0.4 is 5.32 Å². The highest BCUT2D eigenvalue weighted by Gasteiger charge is 2.18. The standard InChI is InChI=1S/C27H18N2O5S/c30-23(28-18-13-11-17(12-14-18)26(31)32)15-34-27(33)20-8-4-6-16-5-3-7-19(24(16)20)25-29-21-9-1-2-10-22(21)35-25/h1-14H,15H2,(H,28,30)(H,31,32). The second-order valence-electron chi connectivity index (χ2n) is 7.70. The van der Waals surface area contributed by atoms with E-state index in [0.717, 1.165) is 26.2 Å². The van der Waals surface area contributed by atoms with E-state index in [2.05, 4.69) is 5.32 Å². The molecule has 0 aliphatic carbocycles. The number of benzene rings is 4. The lowest BCUT2D eigenvalue weighted by atomic mass is 9.99. The molecule has 0 bridgehead atoms. The Morgan fingerprint density at radius 1 is 0.886 bits per heavy atom. The Balaban J connectivity index is 1.38. The maximum absolute atomic E-state index is 13.0. The van der Waals surface area contributed by atoms with E-state index < -0.39 is 24.5 Å². The molecule has 0 radical (unpaired) electrons. The Morgan fingerprint density at radius 3 is 2.37 bits per heavy atom. The van der Waals surface area contributed by atoms with E-state index in [4.69, 9.17) is 14.8 Å². The van der Waals surface area contributed by atoms with Gasteiger partial charge in [-0.2, -0.15) is 0 Å². The molecule has 0 fully saturated rings. The Hall–Kier alpha value is -4.56. The molecule has 5 aromatic rings. The number of ether oxygens (including phenoxy) is 1. The Bertz CT molecular complexity index is 1550. The zero-order valence-electron chi connectivity index (χ0n) is 18.2. The van der Waals surface area contributed by atoms with Crippen molar-refractivity contribution in [1.82, 2.24) is 4.98 Å². The highest BCUT2D eigenvalue weighted by Crippen LogP contribution is 2.36. The summed E-state index contributed by atoms with van der Waals surface area (Å²) in [6.07, 6.45) is 0. The number of aromatic carboxylic acids is 1. The molecule has 0 unspecified atom stereocenters. The number of nitrogens with one attached hydrogen (secondary N) is 1. The summed E-state index contributed by atoms with van der Waals surface area (Å²) >= 11 is 1.54. The number of nitrogens with zero attached hydrogens (tertiary/aromatic N) is 1. The van der Waals surface area contributed by atoms with Crippen molar-refractivity contribution in [2.24, 2.45) is 0 Å². The van der Waals surface area contributed by atoms with Gasteiger partial charge in [0.15, 0.2) is 6.61 Å². The van der Waals surface area contributed by atoms with Gasteiger partial charge in [0.1, 0.15) is 5.01 Å². The number of amides is 1. The first-order valence-electron chi connectivity index (χ1n) is 10.7. The lowest BCUT2D eigenvalue weighted by Gasteiger charge is -2.11. The number of carbonyl (C=O) groups excluding carboxylic acids is 2. The number of carbonyl (C=O) groups is 3. The fourth-order valence-corrected chi connectivity index (χ4v) is 4.78. The molecule has 1 aromatic heterocycles. The third-order valence-electron chi connectivity index (χ3n) is 5.40.